The van der Waals surface area contributed by atoms with Crippen molar-refractivity contribution in [3.05, 3.63) is 53.6 Å². The number of anilines is 2. The van der Waals surface area contributed by atoms with Gasteiger partial charge < -0.3 is 21.0 Å². The molecule has 1 heterocycles. The fourth-order valence-electron chi connectivity index (χ4n) is 3.24. The highest BCUT2D eigenvalue weighted by molar-refractivity contribution is 5.68. The minimum absolute atomic E-state index is 0.142. The molecule has 0 aromatic heterocycles. The van der Waals surface area contributed by atoms with E-state index >= 15 is 0 Å². The summed E-state index contributed by atoms with van der Waals surface area (Å²) in [6.07, 6.45) is 2.99. The summed E-state index contributed by atoms with van der Waals surface area (Å²) in [4.78, 5) is 13.1. The standard InChI is InChI=1S/C19H23N3O2/c20-16-11-15(18-7-4-8-22(18)9-10-23)19(12-17(16)21)24-13-14-5-2-1-3-6-14/h1-3,5-6,10-12,18H,4,7-9,13,20-21H2. The van der Waals surface area contributed by atoms with Crippen molar-refractivity contribution < 1.29 is 9.53 Å². The Morgan fingerprint density at radius 2 is 1.92 bits per heavy atom. The summed E-state index contributed by atoms with van der Waals surface area (Å²) in [6, 6.07) is 13.8. The highest BCUT2D eigenvalue weighted by Crippen LogP contribution is 2.39. The molecule has 1 unspecified atom stereocenters. The van der Waals surface area contributed by atoms with E-state index in [0.717, 1.165) is 42.5 Å². The second kappa shape index (κ2) is 7.36. The van der Waals surface area contributed by atoms with Crippen LogP contribution in [0.25, 0.3) is 0 Å². The molecule has 1 aliphatic heterocycles. The predicted octanol–water partition coefficient (Wildman–Crippen LogP) is 2.77. The molecular formula is C19H23N3O2. The lowest BCUT2D eigenvalue weighted by Gasteiger charge is -2.25. The van der Waals surface area contributed by atoms with Gasteiger partial charge >= 0.3 is 0 Å². The number of aldehydes is 1. The van der Waals surface area contributed by atoms with Gasteiger partial charge in [0, 0.05) is 17.7 Å². The number of ether oxygens (including phenoxy) is 1. The van der Waals surface area contributed by atoms with Gasteiger partial charge in [-0.25, -0.2) is 0 Å². The molecule has 0 spiro atoms. The summed E-state index contributed by atoms with van der Waals surface area (Å²) < 4.78 is 6.05. The molecule has 0 saturated carbocycles. The number of carbonyl (C=O) groups excluding carboxylic acids is 1. The van der Waals surface area contributed by atoms with Crippen LogP contribution in [0.1, 0.15) is 30.0 Å². The Bertz CT molecular complexity index is 703. The third kappa shape index (κ3) is 3.51. The molecule has 4 N–H and O–H groups in total. The largest absolute Gasteiger partial charge is 0.488 e. The fraction of sp³-hybridized carbons (Fsp3) is 0.316. The van der Waals surface area contributed by atoms with Crippen molar-refractivity contribution in [2.45, 2.75) is 25.5 Å². The van der Waals surface area contributed by atoms with Gasteiger partial charge in [0.2, 0.25) is 0 Å². The van der Waals surface area contributed by atoms with Crippen LogP contribution in [0.3, 0.4) is 0 Å². The zero-order chi connectivity index (χ0) is 16.9. The first-order valence-corrected chi connectivity index (χ1v) is 8.22. The van der Waals surface area contributed by atoms with Crippen LogP contribution >= 0.6 is 0 Å². The van der Waals surface area contributed by atoms with Crippen LogP contribution in [-0.4, -0.2) is 24.3 Å². The van der Waals surface area contributed by atoms with Gasteiger partial charge in [0.15, 0.2) is 0 Å². The summed E-state index contributed by atoms with van der Waals surface area (Å²) >= 11 is 0. The van der Waals surface area contributed by atoms with Crippen molar-refractivity contribution in [3.8, 4) is 5.75 Å². The number of nitrogens with zero attached hydrogens (tertiary/aromatic N) is 1. The molecule has 5 heteroatoms. The van der Waals surface area contributed by atoms with Crippen molar-refractivity contribution in [3.63, 3.8) is 0 Å². The number of rotatable bonds is 6. The van der Waals surface area contributed by atoms with Gasteiger partial charge in [0.1, 0.15) is 18.6 Å². The van der Waals surface area contributed by atoms with Gasteiger partial charge in [0.05, 0.1) is 17.9 Å². The van der Waals surface area contributed by atoms with Crippen molar-refractivity contribution in [1.82, 2.24) is 4.90 Å². The molecule has 2 aromatic rings. The van der Waals surface area contributed by atoms with Crippen molar-refractivity contribution in [2.75, 3.05) is 24.6 Å². The van der Waals surface area contributed by atoms with Crippen molar-refractivity contribution in [2.24, 2.45) is 0 Å². The summed E-state index contributed by atoms with van der Waals surface area (Å²) in [7, 11) is 0. The van der Waals surface area contributed by atoms with Crippen molar-refractivity contribution >= 4 is 17.7 Å². The Morgan fingerprint density at radius 1 is 1.17 bits per heavy atom. The van der Waals surface area contributed by atoms with E-state index in [-0.39, 0.29) is 6.04 Å². The molecule has 126 valence electrons. The van der Waals surface area contributed by atoms with Crippen LogP contribution in [0.2, 0.25) is 0 Å². The van der Waals surface area contributed by atoms with Crippen LogP contribution in [0.4, 0.5) is 11.4 Å². The van der Waals surface area contributed by atoms with Crippen LogP contribution < -0.4 is 16.2 Å². The lowest BCUT2D eigenvalue weighted by Crippen LogP contribution is -2.25. The van der Waals surface area contributed by atoms with Crippen LogP contribution in [0.5, 0.6) is 5.75 Å². The predicted molar refractivity (Wildman–Crippen MR) is 95.7 cm³/mol. The SMILES string of the molecule is Nc1cc(OCc2ccccc2)c(C2CCCN2CC=O)cc1N. The molecule has 24 heavy (non-hydrogen) atoms. The Hall–Kier alpha value is -2.53. The van der Waals surface area contributed by atoms with Gasteiger partial charge in [-0.15, -0.1) is 0 Å². The maximum Gasteiger partial charge on any atom is 0.134 e. The minimum Gasteiger partial charge on any atom is -0.488 e. The topological polar surface area (TPSA) is 81.6 Å². The number of carbonyl (C=O) groups is 1. The van der Waals surface area contributed by atoms with Crippen LogP contribution in [0, 0.1) is 0 Å². The lowest BCUT2D eigenvalue weighted by molar-refractivity contribution is -0.109. The van der Waals surface area contributed by atoms with Gasteiger partial charge in [0.25, 0.3) is 0 Å². The smallest absolute Gasteiger partial charge is 0.134 e. The third-order valence-electron chi connectivity index (χ3n) is 4.48. The van der Waals surface area contributed by atoms with Gasteiger partial charge in [-0.3, -0.25) is 4.90 Å². The average molecular weight is 325 g/mol. The Morgan fingerprint density at radius 3 is 2.67 bits per heavy atom. The first kappa shape index (κ1) is 16.3. The molecule has 0 amide bonds. The number of likely N-dealkylation sites (tertiary alicyclic amines) is 1. The molecule has 5 nitrogen and oxygen atoms in total. The van der Waals surface area contributed by atoms with E-state index in [0.29, 0.717) is 24.5 Å². The first-order chi connectivity index (χ1) is 11.7. The zero-order valence-electron chi connectivity index (χ0n) is 13.7. The average Bonchev–Trinajstić information content (AvgIpc) is 3.05. The zero-order valence-corrected chi connectivity index (χ0v) is 13.7. The van der Waals surface area contributed by atoms with Crippen LogP contribution in [0.15, 0.2) is 42.5 Å². The van der Waals surface area contributed by atoms with E-state index in [2.05, 4.69) is 4.90 Å². The van der Waals surface area contributed by atoms with E-state index in [1.54, 1.807) is 6.07 Å². The van der Waals surface area contributed by atoms with E-state index < -0.39 is 0 Å². The number of nitrogens with two attached hydrogens (primary N) is 2. The molecule has 1 saturated heterocycles. The summed E-state index contributed by atoms with van der Waals surface area (Å²) in [5.74, 6) is 0.744. The van der Waals surface area contributed by atoms with E-state index in [1.165, 1.54) is 0 Å². The molecule has 0 radical (unpaired) electrons. The fourth-order valence-corrected chi connectivity index (χ4v) is 3.24. The highest BCUT2D eigenvalue weighted by Gasteiger charge is 2.28. The van der Waals surface area contributed by atoms with Gasteiger partial charge in [-0.2, -0.15) is 0 Å². The summed E-state index contributed by atoms with van der Waals surface area (Å²) in [6.45, 7) is 1.80. The second-order valence-electron chi connectivity index (χ2n) is 6.11. The quantitative estimate of drug-likeness (QED) is 0.630. The molecule has 3 rings (SSSR count). The number of hydrogen-bond donors (Lipinski definition) is 2. The van der Waals surface area contributed by atoms with E-state index in [1.807, 2.05) is 36.4 Å². The Balaban J connectivity index is 1.87. The van der Waals surface area contributed by atoms with Gasteiger partial charge in [-0.1, -0.05) is 30.3 Å². The highest BCUT2D eigenvalue weighted by atomic mass is 16.5. The molecule has 0 bridgehead atoms. The first-order valence-electron chi connectivity index (χ1n) is 8.22. The molecule has 0 aliphatic carbocycles. The second-order valence-corrected chi connectivity index (χ2v) is 6.11. The third-order valence-corrected chi connectivity index (χ3v) is 4.48. The number of benzene rings is 2. The monoisotopic (exact) mass is 325 g/mol. The molecule has 1 fully saturated rings. The van der Waals surface area contributed by atoms with E-state index in [4.69, 9.17) is 16.2 Å². The maximum absolute atomic E-state index is 10.9. The van der Waals surface area contributed by atoms with E-state index in [9.17, 15) is 4.79 Å². The molecule has 2 aromatic carbocycles. The van der Waals surface area contributed by atoms with Crippen molar-refractivity contribution in [1.29, 1.82) is 0 Å². The normalized spacial score (nSPS) is 17.8. The molecular weight excluding hydrogens is 302 g/mol. The minimum atomic E-state index is 0.142. The van der Waals surface area contributed by atoms with Crippen LogP contribution in [-0.2, 0) is 11.4 Å². The van der Waals surface area contributed by atoms with Gasteiger partial charge in [-0.05, 0) is 31.0 Å². The molecule has 1 aliphatic rings. The Kier molecular flexibility index (Phi) is 5.01. The number of nitrogen functional groups attached to an aromatic ring is 2. The summed E-state index contributed by atoms with van der Waals surface area (Å²) in [5.41, 5.74) is 15.2. The molecule has 1 atom stereocenters. The maximum atomic E-state index is 10.9. The summed E-state index contributed by atoms with van der Waals surface area (Å²) in [5, 5.41) is 0. The number of hydrogen-bond acceptors (Lipinski definition) is 5. The lowest BCUT2D eigenvalue weighted by atomic mass is 10.0. The Labute approximate surface area is 142 Å².